The van der Waals surface area contributed by atoms with Crippen LogP contribution < -0.4 is 0 Å². The van der Waals surface area contributed by atoms with E-state index in [0.717, 1.165) is 23.7 Å². The normalized spacial score (nSPS) is 45.1. The summed E-state index contributed by atoms with van der Waals surface area (Å²) in [5, 5.41) is 0. The van der Waals surface area contributed by atoms with Gasteiger partial charge in [-0.05, 0) is 126 Å². The lowest BCUT2D eigenvalue weighted by atomic mass is 9.45. The van der Waals surface area contributed by atoms with E-state index in [9.17, 15) is 0 Å². The van der Waals surface area contributed by atoms with Crippen LogP contribution in [0.3, 0.4) is 0 Å². The van der Waals surface area contributed by atoms with Crippen molar-refractivity contribution in [2.24, 2.45) is 34.5 Å². The van der Waals surface area contributed by atoms with Gasteiger partial charge in [0.15, 0.2) is 8.32 Å². The molecule has 7 atom stereocenters. The molecule has 0 spiro atoms. The summed E-state index contributed by atoms with van der Waals surface area (Å²) in [6.07, 6.45) is 13.9. The Labute approximate surface area is 182 Å². The predicted octanol–water partition coefficient (Wildman–Crippen LogP) is 7.59. The molecule has 0 radical (unpaired) electrons. The van der Waals surface area contributed by atoms with E-state index in [0.29, 0.717) is 16.9 Å². The molecule has 4 aliphatic carbocycles. The molecular weight excluding hydrogens is 388 g/mol. The van der Waals surface area contributed by atoms with Crippen LogP contribution in [-0.4, -0.2) is 22.7 Å². The van der Waals surface area contributed by atoms with E-state index in [1.54, 1.807) is 0 Å². The van der Waals surface area contributed by atoms with E-state index in [4.69, 9.17) is 8.85 Å². The highest BCUT2D eigenvalue weighted by molar-refractivity contribution is 6.70. The molecule has 4 heteroatoms. The van der Waals surface area contributed by atoms with Crippen LogP contribution in [0.5, 0.6) is 0 Å². The molecule has 0 aromatic rings. The van der Waals surface area contributed by atoms with Gasteiger partial charge in [0.2, 0.25) is 8.32 Å². The van der Waals surface area contributed by atoms with Gasteiger partial charge in [0.1, 0.15) is 0 Å². The lowest BCUT2D eigenvalue weighted by molar-refractivity contribution is -0.119. The van der Waals surface area contributed by atoms with Gasteiger partial charge >= 0.3 is 0 Å². The molecule has 4 aliphatic rings. The summed E-state index contributed by atoms with van der Waals surface area (Å²) < 4.78 is 13.2. The highest BCUT2D eigenvalue weighted by atomic mass is 28.4. The number of allylic oxidation sites excluding steroid dienone is 2. The van der Waals surface area contributed by atoms with Crippen LogP contribution in [0.2, 0.25) is 39.3 Å². The maximum absolute atomic E-state index is 6.63. The number of hydrogen-bond acceptors (Lipinski definition) is 2. The summed E-state index contributed by atoms with van der Waals surface area (Å²) >= 11 is 0. The van der Waals surface area contributed by atoms with Gasteiger partial charge in [0.25, 0.3) is 0 Å². The lowest BCUT2D eigenvalue weighted by Gasteiger charge is -2.61. The second-order valence-corrected chi connectivity index (χ2v) is 22.1. The van der Waals surface area contributed by atoms with Crippen LogP contribution in [0.15, 0.2) is 11.8 Å². The molecule has 0 aliphatic heterocycles. The van der Waals surface area contributed by atoms with Gasteiger partial charge in [-0.1, -0.05) is 13.8 Å². The summed E-state index contributed by atoms with van der Waals surface area (Å²) in [5.74, 6) is 4.91. The van der Waals surface area contributed by atoms with Crippen LogP contribution in [0.25, 0.3) is 0 Å². The molecule has 166 valence electrons. The first-order valence-corrected chi connectivity index (χ1v) is 19.2. The van der Waals surface area contributed by atoms with Crippen LogP contribution in [-0.2, 0) is 8.85 Å². The maximum Gasteiger partial charge on any atom is 0.241 e. The molecule has 0 aromatic heterocycles. The van der Waals surface area contributed by atoms with Gasteiger partial charge in [-0.3, -0.25) is 0 Å². The Morgan fingerprint density at radius 2 is 1.59 bits per heavy atom. The van der Waals surface area contributed by atoms with E-state index in [1.807, 2.05) is 0 Å². The first-order valence-electron chi connectivity index (χ1n) is 12.4. The van der Waals surface area contributed by atoms with Crippen molar-refractivity contribution in [2.75, 3.05) is 0 Å². The number of hydrogen-bond donors (Lipinski definition) is 0. The average molecular weight is 435 g/mol. The third-order valence-corrected chi connectivity index (χ3v) is 10.9. The topological polar surface area (TPSA) is 18.5 Å². The van der Waals surface area contributed by atoms with Crippen LogP contribution in [0.1, 0.15) is 65.2 Å². The quantitative estimate of drug-likeness (QED) is 0.424. The van der Waals surface area contributed by atoms with Gasteiger partial charge in [-0.2, -0.15) is 0 Å². The van der Waals surface area contributed by atoms with Gasteiger partial charge in [0.05, 0.1) is 5.76 Å². The molecule has 2 nitrogen and oxygen atoms in total. The lowest BCUT2D eigenvalue weighted by Crippen LogP contribution is -2.54. The second-order valence-electron chi connectivity index (χ2n) is 13.3. The predicted molar refractivity (Wildman–Crippen MR) is 128 cm³/mol. The zero-order valence-electron chi connectivity index (χ0n) is 20.4. The standard InChI is InChI=1S/C25H46O2Si2/c1-24-15-13-19(26-28(3,4)5)17-18(24)9-10-20-21-11-12-23(27-29(6,7)8)25(21,2)16-14-22(20)24/h12,18-22H,9-11,13-17H2,1-8H3/t18-,19-,20+,21+,22+,24+,25+/m1/s1. The molecule has 0 aromatic carbocycles. The smallest absolute Gasteiger partial charge is 0.241 e. The minimum Gasteiger partial charge on any atom is -0.547 e. The molecule has 0 amide bonds. The fraction of sp³-hybridized carbons (Fsp3) is 0.920. The molecule has 0 unspecified atom stereocenters. The van der Waals surface area contributed by atoms with Gasteiger partial charge < -0.3 is 8.85 Å². The van der Waals surface area contributed by atoms with E-state index in [1.165, 1.54) is 57.1 Å². The third-order valence-electron chi connectivity index (χ3n) is 9.06. The van der Waals surface area contributed by atoms with Crippen LogP contribution in [0.4, 0.5) is 0 Å². The molecule has 0 saturated heterocycles. The molecule has 0 bridgehead atoms. The van der Waals surface area contributed by atoms with Crippen molar-refractivity contribution in [2.45, 2.75) is 111 Å². The maximum atomic E-state index is 6.63. The highest BCUT2D eigenvalue weighted by Crippen LogP contribution is 2.66. The Kier molecular flexibility index (Phi) is 5.52. The third kappa shape index (κ3) is 4.07. The van der Waals surface area contributed by atoms with Crippen molar-refractivity contribution in [1.82, 2.24) is 0 Å². The SMILES string of the molecule is C[C@]12CC[C@@H](O[Si](C)(C)C)C[C@H]1CC[C@@H]1[C@@H]2CC[C@]2(C)C(O[Si](C)(C)C)=CC[C@@H]12. The van der Waals surface area contributed by atoms with E-state index in [2.05, 4.69) is 59.2 Å². The fourth-order valence-corrected chi connectivity index (χ4v) is 10.0. The minimum absolute atomic E-state index is 0.308. The second kappa shape index (κ2) is 7.23. The Balaban J connectivity index is 1.49. The summed E-state index contributed by atoms with van der Waals surface area (Å²) in [6.45, 7) is 19.3. The Bertz CT molecular complexity index is 661. The molecule has 0 N–H and O–H groups in total. The van der Waals surface area contributed by atoms with Gasteiger partial charge in [-0.15, -0.1) is 0 Å². The largest absolute Gasteiger partial charge is 0.547 e. The zero-order chi connectivity index (χ0) is 21.2. The van der Waals surface area contributed by atoms with Crippen molar-refractivity contribution in [3.8, 4) is 0 Å². The van der Waals surface area contributed by atoms with Crippen molar-refractivity contribution < 1.29 is 8.85 Å². The van der Waals surface area contributed by atoms with Crippen molar-refractivity contribution >= 4 is 16.6 Å². The van der Waals surface area contributed by atoms with Crippen molar-refractivity contribution in [3.63, 3.8) is 0 Å². The Morgan fingerprint density at radius 1 is 0.862 bits per heavy atom. The van der Waals surface area contributed by atoms with Crippen molar-refractivity contribution in [3.05, 3.63) is 11.8 Å². The van der Waals surface area contributed by atoms with Gasteiger partial charge in [-0.25, -0.2) is 0 Å². The van der Waals surface area contributed by atoms with E-state index < -0.39 is 16.6 Å². The summed E-state index contributed by atoms with van der Waals surface area (Å²) in [6, 6.07) is 0. The molecule has 3 saturated carbocycles. The average Bonchev–Trinajstić information content (AvgIpc) is 2.89. The minimum atomic E-state index is -1.54. The molecule has 0 heterocycles. The summed E-state index contributed by atoms with van der Waals surface area (Å²) in [4.78, 5) is 0. The number of rotatable bonds is 4. The van der Waals surface area contributed by atoms with Crippen LogP contribution >= 0.6 is 0 Å². The number of fused-ring (bicyclic) bond motifs is 5. The van der Waals surface area contributed by atoms with E-state index in [-0.39, 0.29) is 0 Å². The fourth-order valence-electron chi connectivity index (χ4n) is 7.84. The Morgan fingerprint density at radius 3 is 2.24 bits per heavy atom. The first-order chi connectivity index (χ1) is 13.3. The molecule has 4 rings (SSSR count). The monoisotopic (exact) mass is 434 g/mol. The summed E-state index contributed by atoms with van der Waals surface area (Å²) in [7, 11) is -2.97. The molecular formula is C25H46O2Si2. The van der Waals surface area contributed by atoms with Gasteiger partial charge in [0, 0.05) is 11.5 Å². The van der Waals surface area contributed by atoms with Crippen molar-refractivity contribution in [1.29, 1.82) is 0 Å². The van der Waals surface area contributed by atoms with E-state index >= 15 is 0 Å². The van der Waals surface area contributed by atoms with Crippen LogP contribution in [0, 0.1) is 34.5 Å². The highest BCUT2D eigenvalue weighted by Gasteiger charge is 2.59. The first kappa shape index (κ1) is 22.1. The molecule has 3 fully saturated rings. The zero-order valence-corrected chi connectivity index (χ0v) is 22.4. The summed E-state index contributed by atoms with van der Waals surface area (Å²) in [5.41, 5.74) is 0.856. The Hall–Kier alpha value is -0.0662. The molecule has 29 heavy (non-hydrogen) atoms.